The van der Waals surface area contributed by atoms with Gasteiger partial charge >= 0.3 is 11.9 Å². The fourth-order valence-electron chi connectivity index (χ4n) is 1.80. The number of amides is 1. The zero-order valence-electron chi connectivity index (χ0n) is 11.1. The van der Waals surface area contributed by atoms with Crippen molar-refractivity contribution in [2.45, 2.75) is 44.2 Å². The Morgan fingerprint density at radius 3 is 2.47 bits per heavy atom. The molecule has 1 saturated carbocycles. The SMILES string of the molecule is COC(=O)CCC(NC(=O)C(C)(N)C1CC1)C(=O)O. The third kappa shape index (κ3) is 4.20. The summed E-state index contributed by atoms with van der Waals surface area (Å²) in [6, 6.07) is -1.13. The molecule has 7 nitrogen and oxygen atoms in total. The van der Waals surface area contributed by atoms with Crippen molar-refractivity contribution in [1.82, 2.24) is 5.32 Å². The molecule has 1 aliphatic rings. The van der Waals surface area contributed by atoms with Crippen LogP contribution in [0.3, 0.4) is 0 Å². The van der Waals surface area contributed by atoms with Gasteiger partial charge in [-0.05, 0) is 32.1 Å². The Balaban J connectivity index is 2.55. The Morgan fingerprint density at radius 1 is 1.47 bits per heavy atom. The van der Waals surface area contributed by atoms with Gasteiger partial charge in [0.15, 0.2) is 0 Å². The van der Waals surface area contributed by atoms with Gasteiger partial charge in [0.1, 0.15) is 6.04 Å². The first-order valence-electron chi connectivity index (χ1n) is 6.18. The molecule has 2 atom stereocenters. The molecule has 0 aromatic heterocycles. The van der Waals surface area contributed by atoms with Gasteiger partial charge in [-0.1, -0.05) is 0 Å². The highest BCUT2D eigenvalue weighted by atomic mass is 16.5. The summed E-state index contributed by atoms with van der Waals surface area (Å²) in [5.41, 5.74) is 4.84. The van der Waals surface area contributed by atoms with Gasteiger partial charge in [0.05, 0.1) is 12.6 Å². The van der Waals surface area contributed by atoms with Gasteiger partial charge in [-0.15, -0.1) is 0 Å². The van der Waals surface area contributed by atoms with Crippen LogP contribution in [-0.2, 0) is 19.1 Å². The molecule has 7 heteroatoms. The molecular formula is C12H20N2O5. The minimum Gasteiger partial charge on any atom is -0.480 e. The number of carboxylic acid groups (broad SMARTS) is 1. The van der Waals surface area contributed by atoms with Crippen LogP contribution in [0.2, 0.25) is 0 Å². The molecule has 1 rings (SSSR count). The van der Waals surface area contributed by atoms with E-state index >= 15 is 0 Å². The molecule has 0 aliphatic heterocycles. The van der Waals surface area contributed by atoms with Crippen molar-refractivity contribution >= 4 is 17.8 Å². The maximum atomic E-state index is 12.0. The van der Waals surface area contributed by atoms with Gasteiger partial charge in [-0.25, -0.2) is 4.79 Å². The van der Waals surface area contributed by atoms with Crippen molar-refractivity contribution in [3.05, 3.63) is 0 Å². The number of aliphatic carboxylic acids is 1. The number of methoxy groups -OCH3 is 1. The smallest absolute Gasteiger partial charge is 0.326 e. The Morgan fingerprint density at radius 2 is 2.05 bits per heavy atom. The van der Waals surface area contributed by atoms with E-state index < -0.39 is 29.4 Å². The van der Waals surface area contributed by atoms with Gasteiger partial charge in [0.25, 0.3) is 0 Å². The lowest BCUT2D eigenvalue weighted by Crippen LogP contribution is -2.57. The highest BCUT2D eigenvalue weighted by Crippen LogP contribution is 2.38. The van der Waals surface area contributed by atoms with Crippen molar-refractivity contribution in [1.29, 1.82) is 0 Å². The third-order valence-corrected chi connectivity index (χ3v) is 3.38. The maximum absolute atomic E-state index is 12.0. The Hall–Kier alpha value is -1.63. The van der Waals surface area contributed by atoms with Crippen LogP contribution in [0.15, 0.2) is 0 Å². The van der Waals surface area contributed by atoms with E-state index in [1.807, 2.05) is 0 Å². The number of carbonyl (C=O) groups excluding carboxylic acids is 2. The van der Waals surface area contributed by atoms with Crippen LogP contribution in [0.25, 0.3) is 0 Å². The molecule has 0 heterocycles. The summed E-state index contributed by atoms with van der Waals surface area (Å²) in [6.07, 6.45) is 1.66. The van der Waals surface area contributed by atoms with Crippen molar-refractivity contribution in [3.63, 3.8) is 0 Å². The molecule has 0 radical (unpaired) electrons. The molecular weight excluding hydrogens is 252 g/mol. The molecule has 0 spiro atoms. The zero-order chi connectivity index (χ0) is 14.6. The van der Waals surface area contributed by atoms with Crippen LogP contribution >= 0.6 is 0 Å². The van der Waals surface area contributed by atoms with E-state index in [1.165, 1.54) is 7.11 Å². The fraction of sp³-hybridized carbons (Fsp3) is 0.750. The summed E-state index contributed by atoms with van der Waals surface area (Å²) in [5.74, 6) is -2.10. The minimum absolute atomic E-state index is 0.0194. The predicted octanol–water partition coefficient (Wildman–Crippen LogP) is -0.364. The van der Waals surface area contributed by atoms with E-state index in [0.29, 0.717) is 0 Å². The largest absolute Gasteiger partial charge is 0.480 e. The van der Waals surface area contributed by atoms with E-state index in [0.717, 1.165) is 12.8 Å². The number of esters is 1. The highest BCUT2D eigenvalue weighted by Gasteiger charge is 2.44. The Labute approximate surface area is 111 Å². The first-order valence-corrected chi connectivity index (χ1v) is 6.18. The molecule has 0 bridgehead atoms. The summed E-state index contributed by atoms with van der Waals surface area (Å²) in [5, 5.41) is 11.4. The summed E-state index contributed by atoms with van der Waals surface area (Å²) >= 11 is 0. The minimum atomic E-state index is -1.19. The second kappa shape index (κ2) is 6.01. The average molecular weight is 272 g/mol. The lowest BCUT2D eigenvalue weighted by molar-refractivity contribution is -0.144. The molecule has 108 valence electrons. The van der Waals surface area contributed by atoms with E-state index in [-0.39, 0.29) is 18.8 Å². The summed E-state index contributed by atoms with van der Waals surface area (Å²) in [4.78, 5) is 34.0. The normalized spacial score (nSPS) is 19.1. The van der Waals surface area contributed by atoms with E-state index in [4.69, 9.17) is 10.8 Å². The molecule has 0 saturated heterocycles. The number of nitrogens with one attached hydrogen (secondary N) is 1. The van der Waals surface area contributed by atoms with Gasteiger partial charge in [-0.3, -0.25) is 9.59 Å². The lowest BCUT2D eigenvalue weighted by atomic mass is 9.95. The first kappa shape index (κ1) is 15.4. The summed E-state index contributed by atoms with van der Waals surface area (Å²) in [7, 11) is 1.22. The topological polar surface area (TPSA) is 119 Å². The van der Waals surface area contributed by atoms with Crippen LogP contribution in [-0.4, -0.2) is 41.6 Å². The molecule has 2 unspecified atom stereocenters. The highest BCUT2D eigenvalue weighted by molar-refractivity contribution is 5.90. The second-order valence-electron chi connectivity index (χ2n) is 5.04. The molecule has 19 heavy (non-hydrogen) atoms. The quantitative estimate of drug-likeness (QED) is 0.544. The zero-order valence-corrected chi connectivity index (χ0v) is 11.1. The summed E-state index contributed by atoms with van der Waals surface area (Å²) in [6.45, 7) is 1.60. The lowest BCUT2D eigenvalue weighted by Gasteiger charge is -2.25. The standard InChI is InChI=1S/C12H20N2O5/c1-12(13,7-3-4-7)11(18)14-8(10(16)17)5-6-9(15)19-2/h7-8H,3-6,13H2,1-2H3,(H,14,18)(H,16,17). The Bertz CT molecular complexity index is 376. The average Bonchev–Trinajstić information content (AvgIpc) is 3.17. The first-order chi connectivity index (χ1) is 8.78. The molecule has 0 aromatic rings. The van der Waals surface area contributed by atoms with Crippen molar-refractivity contribution in [3.8, 4) is 0 Å². The van der Waals surface area contributed by atoms with Gasteiger partial charge < -0.3 is 20.9 Å². The Kier molecular flexibility index (Phi) is 4.88. The number of carboxylic acids is 1. The van der Waals surface area contributed by atoms with E-state index in [9.17, 15) is 14.4 Å². The number of carbonyl (C=O) groups is 3. The van der Waals surface area contributed by atoms with Crippen LogP contribution in [0.5, 0.6) is 0 Å². The monoisotopic (exact) mass is 272 g/mol. The van der Waals surface area contributed by atoms with Gasteiger partial charge in [0, 0.05) is 6.42 Å². The van der Waals surface area contributed by atoms with Crippen molar-refractivity contribution < 1.29 is 24.2 Å². The van der Waals surface area contributed by atoms with E-state index in [2.05, 4.69) is 10.1 Å². The van der Waals surface area contributed by atoms with Gasteiger partial charge in [0.2, 0.25) is 5.91 Å². The molecule has 4 N–H and O–H groups in total. The predicted molar refractivity (Wildman–Crippen MR) is 66.1 cm³/mol. The second-order valence-corrected chi connectivity index (χ2v) is 5.04. The van der Waals surface area contributed by atoms with Crippen molar-refractivity contribution in [2.24, 2.45) is 11.7 Å². The van der Waals surface area contributed by atoms with Crippen LogP contribution in [0, 0.1) is 5.92 Å². The molecule has 1 amide bonds. The molecule has 1 fully saturated rings. The number of hydrogen-bond donors (Lipinski definition) is 3. The molecule has 1 aliphatic carbocycles. The van der Waals surface area contributed by atoms with Crippen LogP contribution < -0.4 is 11.1 Å². The van der Waals surface area contributed by atoms with Gasteiger partial charge in [-0.2, -0.15) is 0 Å². The molecule has 0 aromatic carbocycles. The van der Waals surface area contributed by atoms with Crippen LogP contribution in [0.1, 0.15) is 32.6 Å². The number of rotatable bonds is 7. The number of hydrogen-bond acceptors (Lipinski definition) is 5. The maximum Gasteiger partial charge on any atom is 0.326 e. The summed E-state index contributed by atoms with van der Waals surface area (Å²) < 4.78 is 4.43. The van der Waals surface area contributed by atoms with Crippen LogP contribution in [0.4, 0.5) is 0 Å². The third-order valence-electron chi connectivity index (χ3n) is 3.38. The fourth-order valence-corrected chi connectivity index (χ4v) is 1.80. The van der Waals surface area contributed by atoms with E-state index in [1.54, 1.807) is 6.92 Å². The number of ether oxygens (including phenoxy) is 1. The van der Waals surface area contributed by atoms with Crippen molar-refractivity contribution in [2.75, 3.05) is 7.11 Å². The number of nitrogens with two attached hydrogens (primary N) is 1.